The van der Waals surface area contributed by atoms with Crippen LogP contribution in [0.25, 0.3) is 0 Å². The van der Waals surface area contributed by atoms with Gasteiger partial charge in [-0.1, -0.05) is 0 Å². The molecule has 1 atom stereocenters. The molecule has 4 heteroatoms. The van der Waals surface area contributed by atoms with Gasteiger partial charge in [-0.25, -0.2) is 0 Å². The second kappa shape index (κ2) is 4.57. The highest BCUT2D eigenvalue weighted by molar-refractivity contribution is 4.87. The second-order valence-electron chi connectivity index (χ2n) is 4.50. The Hall–Kier alpha value is -0.160. The zero-order valence-corrected chi connectivity index (χ0v) is 8.95. The van der Waals surface area contributed by atoms with E-state index in [1.807, 2.05) is 6.92 Å². The van der Waals surface area contributed by atoms with Crippen LogP contribution in [-0.2, 0) is 0 Å². The van der Waals surface area contributed by atoms with Crippen molar-refractivity contribution in [2.24, 2.45) is 0 Å². The van der Waals surface area contributed by atoms with E-state index in [0.29, 0.717) is 0 Å². The first-order valence-electron chi connectivity index (χ1n) is 5.61. The van der Waals surface area contributed by atoms with Gasteiger partial charge in [-0.15, -0.1) is 0 Å². The number of aliphatic hydroxyl groups is 1. The maximum Gasteiger partial charge on any atom is 0.0639 e. The van der Waals surface area contributed by atoms with Crippen molar-refractivity contribution in [3.8, 4) is 0 Å². The molecule has 0 radical (unpaired) electrons. The fraction of sp³-hybridized carbons (Fsp3) is 1.00. The fourth-order valence-corrected chi connectivity index (χ4v) is 2.22. The van der Waals surface area contributed by atoms with E-state index in [4.69, 9.17) is 0 Å². The van der Waals surface area contributed by atoms with E-state index in [1.54, 1.807) is 0 Å². The molecular formula is C10H21N3O. The minimum Gasteiger partial charge on any atom is -0.392 e. The first kappa shape index (κ1) is 10.4. The number of β-amino-alcohol motifs (C(OH)–C–C–N with tert-alkyl or cyclic N) is 1. The number of hydrogen-bond donors (Lipinski definition) is 2. The Morgan fingerprint density at radius 1 is 1.29 bits per heavy atom. The second-order valence-corrected chi connectivity index (χ2v) is 4.50. The van der Waals surface area contributed by atoms with Crippen LogP contribution < -0.4 is 5.32 Å². The number of piperazine rings is 1. The summed E-state index contributed by atoms with van der Waals surface area (Å²) < 4.78 is 0. The van der Waals surface area contributed by atoms with Crippen molar-refractivity contribution < 1.29 is 5.11 Å². The summed E-state index contributed by atoms with van der Waals surface area (Å²) in [5, 5.41) is 12.6. The summed E-state index contributed by atoms with van der Waals surface area (Å²) >= 11 is 0. The molecular weight excluding hydrogens is 178 g/mol. The van der Waals surface area contributed by atoms with Gasteiger partial charge in [-0.3, -0.25) is 9.80 Å². The van der Waals surface area contributed by atoms with Crippen molar-refractivity contribution in [1.29, 1.82) is 0 Å². The van der Waals surface area contributed by atoms with Crippen molar-refractivity contribution in [2.45, 2.75) is 19.1 Å². The van der Waals surface area contributed by atoms with E-state index in [2.05, 4.69) is 15.1 Å². The minimum atomic E-state index is -0.188. The Balaban J connectivity index is 1.69. The number of nitrogens with zero attached hydrogens (tertiary/aromatic N) is 2. The van der Waals surface area contributed by atoms with Crippen LogP contribution in [0.3, 0.4) is 0 Å². The average Bonchev–Trinajstić information content (AvgIpc) is 2.04. The van der Waals surface area contributed by atoms with Gasteiger partial charge in [0.15, 0.2) is 0 Å². The topological polar surface area (TPSA) is 38.7 Å². The lowest BCUT2D eigenvalue weighted by molar-refractivity contribution is 0.0487. The van der Waals surface area contributed by atoms with E-state index in [1.165, 1.54) is 13.1 Å². The van der Waals surface area contributed by atoms with Gasteiger partial charge < -0.3 is 10.4 Å². The highest BCUT2D eigenvalue weighted by Crippen LogP contribution is 2.09. The monoisotopic (exact) mass is 199 g/mol. The molecule has 2 saturated heterocycles. The van der Waals surface area contributed by atoms with Gasteiger partial charge in [0.05, 0.1) is 6.10 Å². The quantitative estimate of drug-likeness (QED) is 0.609. The van der Waals surface area contributed by atoms with Gasteiger partial charge in [-0.2, -0.15) is 0 Å². The molecule has 0 bridgehead atoms. The van der Waals surface area contributed by atoms with Crippen LogP contribution in [0.2, 0.25) is 0 Å². The zero-order chi connectivity index (χ0) is 9.97. The van der Waals surface area contributed by atoms with Crippen molar-refractivity contribution in [2.75, 3.05) is 45.8 Å². The minimum absolute atomic E-state index is 0.188. The SMILES string of the molecule is C[C@@H](O)CN1CCN(C2CNC2)CC1. The number of rotatable bonds is 3. The van der Waals surface area contributed by atoms with Crippen LogP contribution in [-0.4, -0.2) is 72.9 Å². The van der Waals surface area contributed by atoms with Gasteiger partial charge in [0.2, 0.25) is 0 Å². The van der Waals surface area contributed by atoms with Crippen LogP contribution in [0.15, 0.2) is 0 Å². The van der Waals surface area contributed by atoms with Crippen LogP contribution >= 0.6 is 0 Å². The van der Waals surface area contributed by atoms with Crippen molar-refractivity contribution >= 4 is 0 Å². The zero-order valence-electron chi connectivity index (χ0n) is 8.95. The van der Waals surface area contributed by atoms with E-state index in [9.17, 15) is 5.11 Å². The van der Waals surface area contributed by atoms with Gasteiger partial charge in [-0.05, 0) is 6.92 Å². The van der Waals surface area contributed by atoms with Crippen molar-refractivity contribution in [3.63, 3.8) is 0 Å². The van der Waals surface area contributed by atoms with Crippen LogP contribution in [0.5, 0.6) is 0 Å². The summed E-state index contributed by atoms with van der Waals surface area (Å²) in [4.78, 5) is 4.92. The number of aliphatic hydroxyl groups excluding tert-OH is 1. The van der Waals surface area contributed by atoms with E-state index >= 15 is 0 Å². The predicted octanol–water partition coefficient (Wildman–Crippen LogP) is -1.04. The smallest absolute Gasteiger partial charge is 0.0639 e. The molecule has 0 unspecified atom stereocenters. The molecule has 2 heterocycles. The Morgan fingerprint density at radius 3 is 2.36 bits per heavy atom. The first-order chi connectivity index (χ1) is 6.75. The summed E-state index contributed by atoms with van der Waals surface area (Å²) in [6, 6.07) is 0.781. The van der Waals surface area contributed by atoms with Gasteiger partial charge in [0.25, 0.3) is 0 Å². The standard InChI is InChI=1S/C10H21N3O/c1-9(14)8-12-2-4-13(5-3-12)10-6-11-7-10/h9-11,14H,2-8H2,1H3/t9-/m1/s1. The third-order valence-electron chi connectivity index (χ3n) is 3.21. The normalized spacial score (nSPS) is 28.7. The summed E-state index contributed by atoms with van der Waals surface area (Å²) in [5.41, 5.74) is 0. The van der Waals surface area contributed by atoms with E-state index < -0.39 is 0 Å². The lowest BCUT2D eigenvalue weighted by Gasteiger charge is -2.43. The number of nitrogens with one attached hydrogen (secondary N) is 1. The third kappa shape index (κ3) is 2.45. The Bertz CT molecular complexity index is 174. The van der Waals surface area contributed by atoms with Crippen LogP contribution in [0, 0.1) is 0 Å². The largest absolute Gasteiger partial charge is 0.392 e. The molecule has 2 rings (SSSR count). The Labute approximate surface area is 85.9 Å². The molecule has 0 saturated carbocycles. The first-order valence-corrected chi connectivity index (χ1v) is 5.61. The van der Waals surface area contributed by atoms with Crippen molar-refractivity contribution in [1.82, 2.24) is 15.1 Å². The lowest BCUT2D eigenvalue weighted by Crippen LogP contribution is -2.61. The van der Waals surface area contributed by atoms with Gasteiger partial charge in [0, 0.05) is 51.9 Å². The molecule has 2 aliphatic rings. The predicted molar refractivity (Wildman–Crippen MR) is 56.4 cm³/mol. The maximum atomic E-state index is 9.27. The molecule has 2 aliphatic heterocycles. The number of hydrogen-bond acceptors (Lipinski definition) is 4. The summed E-state index contributed by atoms with van der Waals surface area (Å²) in [6.45, 7) is 9.58. The third-order valence-corrected chi connectivity index (χ3v) is 3.21. The van der Waals surface area contributed by atoms with E-state index in [0.717, 1.165) is 38.8 Å². The van der Waals surface area contributed by atoms with Crippen LogP contribution in [0.1, 0.15) is 6.92 Å². The lowest BCUT2D eigenvalue weighted by atomic mass is 10.1. The molecule has 0 aliphatic carbocycles. The Morgan fingerprint density at radius 2 is 1.93 bits per heavy atom. The molecule has 82 valence electrons. The van der Waals surface area contributed by atoms with Crippen molar-refractivity contribution in [3.05, 3.63) is 0 Å². The molecule has 0 aromatic heterocycles. The molecule has 2 fully saturated rings. The highest BCUT2D eigenvalue weighted by atomic mass is 16.3. The molecule has 2 N–H and O–H groups in total. The van der Waals surface area contributed by atoms with Gasteiger partial charge >= 0.3 is 0 Å². The highest BCUT2D eigenvalue weighted by Gasteiger charge is 2.27. The molecule has 0 spiro atoms. The van der Waals surface area contributed by atoms with Gasteiger partial charge in [0.1, 0.15) is 0 Å². The summed E-state index contributed by atoms with van der Waals surface area (Å²) in [6.07, 6.45) is -0.188. The van der Waals surface area contributed by atoms with Crippen LogP contribution in [0.4, 0.5) is 0 Å². The maximum absolute atomic E-state index is 9.27. The molecule has 4 nitrogen and oxygen atoms in total. The fourth-order valence-electron chi connectivity index (χ4n) is 2.22. The Kier molecular flexibility index (Phi) is 3.38. The molecule has 0 amide bonds. The average molecular weight is 199 g/mol. The molecule has 0 aromatic rings. The summed E-state index contributed by atoms with van der Waals surface area (Å²) in [7, 11) is 0. The molecule has 0 aromatic carbocycles. The summed E-state index contributed by atoms with van der Waals surface area (Å²) in [5.74, 6) is 0. The van der Waals surface area contributed by atoms with E-state index in [-0.39, 0.29) is 6.10 Å². The molecule has 14 heavy (non-hydrogen) atoms.